The number of rotatable bonds is 1. The molecule has 0 saturated carbocycles. The number of halogens is 2. The zero-order valence-corrected chi connectivity index (χ0v) is 14.2. The SMILES string of the molecule is Cc1oc2ncn(C)c(=O)c2c1C(=O)N1CCCc2cc(F)cc(F)c21. The normalized spacial score (nSPS) is 13.9. The summed E-state index contributed by atoms with van der Waals surface area (Å²) in [5, 5.41) is 0.0622. The number of carbonyl (C=O) groups is 1. The first-order valence-corrected chi connectivity index (χ1v) is 8.13. The summed E-state index contributed by atoms with van der Waals surface area (Å²) in [5.74, 6) is -1.81. The fraction of sp³-hybridized carbons (Fsp3) is 0.278. The van der Waals surface area contributed by atoms with Gasteiger partial charge in [0.25, 0.3) is 11.5 Å². The van der Waals surface area contributed by atoms with E-state index >= 15 is 0 Å². The lowest BCUT2D eigenvalue weighted by molar-refractivity contribution is 0.0984. The summed E-state index contributed by atoms with van der Waals surface area (Å²) >= 11 is 0. The third-order valence-electron chi connectivity index (χ3n) is 4.61. The van der Waals surface area contributed by atoms with Gasteiger partial charge in [0, 0.05) is 19.7 Å². The number of anilines is 1. The minimum Gasteiger partial charge on any atom is -0.442 e. The van der Waals surface area contributed by atoms with Crippen LogP contribution >= 0.6 is 0 Å². The van der Waals surface area contributed by atoms with Gasteiger partial charge in [-0.15, -0.1) is 0 Å². The van der Waals surface area contributed by atoms with Crippen LogP contribution in [0.25, 0.3) is 11.1 Å². The van der Waals surface area contributed by atoms with Crippen molar-refractivity contribution in [2.75, 3.05) is 11.4 Å². The Morgan fingerprint density at radius 1 is 1.31 bits per heavy atom. The van der Waals surface area contributed by atoms with E-state index in [0.717, 1.165) is 6.07 Å². The van der Waals surface area contributed by atoms with Gasteiger partial charge >= 0.3 is 0 Å². The van der Waals surface area contributed by atoms with E-state index in [4.69, 9.17) is 4.42 Å². The van der Waals surface area contributed by atoms with E-state index in [1.54, 1.807) is 6.92 Å². The summed E-state index contributed by atoms with van der Waals surface area (Å²) in [7, 11) is 1.52. The minimum absolute atomic E-state index is 0.0529. The Hall–Kier alpha value is -3.03. The van der Waals surface area contributed by atoms with Gasteiger partial charge in [0.2, 0.25) is 5.71 Å². The van der Waals surface area contributed by atoms with Crippen LogP contribution in [-0.2, 0) is 13.5 Å². The van der Waals surface area contributed by atoms with E-state index in [1.807, 2.05) is 0 Å². The molecule has 0 radical (unpaired) electrons. The fourth-order valence-corrected chi connectivity index (χ4v) is 3.43. The van der Waals surface area contributed by atoms with Gasteiger partial charge in [-0.2, -0.15) is 0 Å². The standard InChI is InChI=1S/C18H15F2N3O3/c1-9-13(14-16(26-9)21-8-22(2)17(14)24)18(25)23-5-3-4-10-6-11(19)7-12(20)15(10)23/h6-8H,3-5H2,1-2H3. The Bertz CT molecular complexity index is 1120. The molecule has 0 N–H and O–H groups in total. The number of furan rings is 1. The first-order valence-electron chi connectivity index (χ1n) is 8.13. The van der Waals surface area contributed by atoms with Gasteiger partial charge in [-0.1, -0.05) is 0 Å². The second-order valence-electron chi connectivity index (χ2n) is 6.33. The summed E-state index contributed by atoms with van der Waals surface area (Å²) in [6.07, 6.45) is 2.34. The monoisotopic (exact) mass is 359 g/mol. The van der Waals surface area contributed by atoms with E-state index in [1.165, 1.54) is 28.9 Å². The summed E-state index contributed by atoms with van der Waals surface area (Å²) in [5.41, 5.74) is 0.179. The van der Waals surface area contributed by atoms with E-state index in [9.17, 15) is 18.4 Å². The number of aromatic nitrogens is 2. The summed E-state index contributed by atoms with van der Waals surface area (Å²) in [6.45, 7) is 1.82. The van der Waals surface area contributed by atoms with E-state index in [2.05, 4.69) is 4.98 Å². The number of hydrogen-bond donors (Lipinski definition) is 0. The molecule has 3 heterocycles. The highest BCUT2D eigenvalue weighted by Gasteiger charge is 2.32. The third-order valence-corrected chi connectivity index (χ3v) is 4.61. The predicted octanol–water partition coefficient (Wildman–Crippen LogP) is 2.71. The van der Waals surface area contributed by atoms with Crippen molar-refractivity contribution in [3.8, 4) is 0 Å². The molecule has 0 aliphatic carbocycles. The highest BCUT2D eigenvalue weighted by molar-refractivity contribution is 6.14. The van der Waals surface area contributed by atoms with Crippen LogP contribution in [0.15, 0.2) is 27.7 Å². The molecule has 0 bridgehead atoms. The molecular formula is C18H15F2N3O3. The van der Waals surface area contributed by atoms with E-state index in [0.29, 0.717) is 18.4 Å². The summed E-state index contributed by atoms with van der Waals surface area (Å²) in [4.78, 5) is 30.9. The topological polar surface area (TPSA) is 68.3 Å². The van der Waals surface area contributed by atoms with Crippen molar-refractivity contribution in [1.29, 1.82) is 0 Å². The Morgan fingerprint density at radius 3 is 2.85 bits per heavy atom. The number of amides is 1. The van der Waals surface area contributed by atoms with Gasteiger partial charge in [-0.3, -0.25) is 9.59 Å². The molecule has 2 aromatic heterocycles. The van der Waals surface area contributed by atoms with Crippen LogP contribution in [0.2, 0.25) is 0 Å². The van der Waals surface area contributed by atoms with Crippen LogP contribution < -0.4 is 10.5 Å². The van der Waals surface area contributed by atoms with Crippen LogP contribution in [0, 0.1) is 18.6 Å². The number of benzene rings is 1. The molecule has 6 nitrogen and oxygen atoms in total. The number of aryl methyl sites for hydroxylation is 3. The summed E-state index contributed by atoms with van der Waals surface area (Å²) < 4.78 is 34.6. The first kappa shape index (κ1) is 16.4. The van der Waals surface area contributed by atoms with Crippen LogP contribution in [0.4, 0.5) is 14.5 Å². The lowest BCUT2D eigenvalue weighted by Gasteiger charge is -2.29. The Balaban J connectivity index is 1.92. The minimum atomic E-state index is -0.801. The van der Waals surface area contributed by atoms with Crippen molar-refractivity contribution >= 4 is 22.7 Å². The molecule has 0 fully saturated rings. The summed E-state index contributed by atoms with van der Waals surface area (Å²) in [6, 6.07) is 1.99. The molecule has 8 heteroatoms. The van der Waals surface area contributed by atoms with Crippen molar-refractivity contribution < 1.29 is 18.0 Å². The molecule has 134 valence electrons. The molecule has 1 amide bonds. The second kappa shape index (κ2) is 5.76. The highest BCUT2D eigenvalue weighted by atomic mass is 19.1. The molecule has 0 unspecified atom stereocenters. The molecule has 26 heavy (non-hydrogen) atoms. The predicted molar refractivity (Wildman–Crippen MR) is 90.3 cm³/mol. The fourth-order valence-electron chi connectivity index (χ4n) is 3.43. The maximum atomic E-state index is 14.4. The molecule has 1 aliphatic heterocycles. The Kier molecular flexibility index (Phi) is 3.64. The highest BCUT2D eigenvalue weighted by Crippen LogP contribution is 2.33. The van der Waals surface area contributed by atoms with Crippen LogP contribution in [0.3, 0.4) is 0 Å². The average molecular weight is 359 g/mol. The first-order chi connectivity index (χ1) is 12.4. The van der Waals surface area contributed by atoms with Crippen molar-refractivity contribution in [1.82, 2.24) is 9.55 Å². The van der Waals surface area contributed by atoms with Gasteiger partial charge in [0.15, 0.2) is 0 Å². The van der Waals surface area contributed by atoms with Crippen molar-refractivity contribution in [3.63, 3.8) is 0 Å². The molecule has 3 aromatic rings. The van der Waals surface area contributed by atoms with Gasteiger partial charge in [0.05, 0.1) is 11.3 Å². The van der Waals surface area contributed by atoms with Crippen LogP contribution in [0.5, 0.6) is 0 Å². The van der Waals surface area contributed by atoms with Gasteiger partial charge in [0.1, 0.15) is 29.1 Å². The van der Waals surface area contributed by atoms with Crippen molar-refractivity contribution in [2.45, 2.75) is 19.8 Å². The average Bonchev–Trinajstić information content (AvgIpc) is 2.93. The largest absolute Gasteiger partial charge is 0.442 e. The van der Waals surface area contributed by atoms with Crippen molar-refractivity contribution in [3.05, 3.63) is 57.3 Å². The molecule has 1 aliphatic rings. The number of carbonyl (C=O) groups excluding carboxylic acids is 1. The quantitative estimate of drug-likeness (QED) is 0.670. The Morgan fingerprint density at radius 2 is 2.08 bits per heavy atom. The van der Waals surface area contributed by atoms with Gasteiger partial charge < -0.3 is 13.9 Å². The number of nitrogens with zero attached hydrogens (tertiary/aromatic N) is 3. The molecule has 0 atom stereocenters. The second-order valence-corrected chi connectivity index (χ2v) is 6.33. The molecule has 4 rings (SSSR count). The zero-order chi connectivity index (χ0) is 18.6. The van der Waals surface area contributed by atoms with Crippen molar-refractivity contribution in [2.24, 2.45) is 7.05 Å². The van der Waals surface area contributed by atoms with Gasteiger partial charge in [-0.25, -0.2) is 13.8 Å². The third kappa shape index (κ3) is 2.33. The van der Waals surface area contributed by atoms with E-state index < -0.39 is 23.1 Å². The zero-order valence-electron chi connectivity index (χ0n) is 14.2. The molecular weight excluding hydrogens is 344 g/mol. The lowest BCUT2D eigenvalue weighted by atomic mass is 9.99. The number of hydrogen-bond acceptors (Lipinski definition) is 4. The number of fused-ring (bicyclic) bond motifs is 2. The van der Waals surface area contributed by atoms with Crippen LogP contribution in [0.1, 0.15) is 28.1 Å². The molecule has 0 spiro atoms. The lowest BCUT2D eigenvalue weighted by Crippen LogP contribution is -2.37. The smallest absolute Gasteiger partial charge is 0.265 e. The van der Waals surface area contributed by atoms with E-state index in [-0.39, 0.29) is 34.7 Å². The molecule has 0 saturated heterocycles. The Labute approximate surface area is 146 Å². The molecule has 1 aromatic carbocycles. The van der Waals surface area contributed by atoms with Crippen LogP contribution in [-0.4, -0.2) is 22.0 Å². The maximum Gasteiger partial charge on any atom is 0.265 e. The van der Waals surface area contributed by atoms with Gasteiger partial charge in [-0.05, 0) is 31.4 Å². The maximum absolute atomic E-state index is 14.4.